The van der Waals surface area contributed by atoms with E-state index in [4.69, 9.17) is 4.74 Å². The maximum Gasteiger partial charge on any atom is 0.220 e. The van der Waals surface area contributed by atoms with Crippen LogP contribution in [0.15, 0.2) is 28.7 Å². The van der Waals surface area contributed by atoms with Gasteiger partial charge in [0.15, 0.2) is 0 Å². The van der Waals surface area contributed by atoms with Crippen LogP contribution in [0, 0.1) is 0 Å². The number of halogens is 1. The molecule has 2 fully saturated rings. The summed E-state index contributed by atoms with van der Waals surface area (Å²) in [7, 11) is 0. The van der Waals surface area contributed by atoms with Crippen molar-refractivity contribution < 1.29 is 9.53 Å². The molecule has 0 aromatic heterocycles. The Labute approximate surface area is 140 Å². The van der Waals surface area contributed by atoms with Crippen LogP contribution in [0.1, 0.15) is 50.5 Å². The second-order valence-corrected chi connectivity index (χ2v) is 7.51. The third-order valence-electron chi connectivity index (χ3n) is 5.09. The van der Waals surface area contributed by atoms with Gasteiger partial charge in [-0.2, -0.15) is 0 Å². The zero-order chi connectivity index (χ0) is 15.4. The summed E-state index contributed by atoms with van der Waals surface area (Å²) in [6.45, 7) is 1.62. The summed E-state index contributed by atoms with van der Waals surface area (Å²) in [5.74, 6) is 0.164. The molecule has 1 aromatic rings. The third kappa shape index (κ3) is 3.72. The van der Waals surface area contributed by atoms with Gasteiger partial charge >= 0.3 is 0 Å². The van der Waals surface area contributed by atoms with Crippen LogP contribution in [-0.4, -0.2) is 25.2 Å². The third-order valence-corrected chi connectivity index (χ3v) is 5.58. The van der Waals surface area contributed by atoms with Crippen LogP contribution in [0.2, 0.25) is 0 Å². The first-order valence-electron chi connectivity index (χ1n) is 8.32. The minimum absolute atomic E-state index is 0.142. The molecule has 1 unspecified atom stereocenters. The highest BCUT2D eigenvalue weighted by Gasteiger charge is 2.38. The standard InChI is InChI=1S/C18H24BrNO2/c19-15-5-1-4-14(12-15)18(9-3-10-18)13-20-17(21)8-7-16-6-2-11-22-16/h1,4-5,12,16H,2-3,6-11,13H2,(H,20,21). The maximum atomic E-state index is 12.1. The summed E-state index contributed by atoms with van der Waals surface area (Å²) in [4.78, 5) is 12.1. The highest BCUT2D eigenvalue weighted by atomic mass is 79.9. The molecule has 1 saturated heterocycles. The van der Waals surface area contributed by atoms with E-state index in [0.29, 0.717) is 12.5 Å². The number of rotatable bonds is 6. The van der Waals surface area contributed by atoms with E-state index in [1.165, 1.54) is 12.0 Å². The van der Waals surface area contributed by atoms with Crippen molar-refractivity contribution in [2.45, 2.75) is 56.5 Å². The first-order chi connectivity index (χ1) is 10.7. The molecule has 22 heavy (non-hydrogen) atoms. The van der Waals surface area contributed by atoms with Crippen LogP contribution in [0.3, 0.4) is 0 Å². The summed E-state index contributed by atoms with van der Waals surface area (Å²) < 4.78 is 6.69. The van der Waals surface area contributed by atoms with Gasteiger partial charge in [0.05, 0.1) is 6.10 Å². The van der Waals surface area contributed by atoms with Crippen molar-refractivity contribution in [1.29, 1.82) is 0 Å². The largest absolute Gasteiger partial charge is 0.378 e. The van der Waals surface area contributed by atoms with Crippen LogP contribution in [0.5, 0.6) is 0 Å². The first kappa shape index (κ1) is 16.0. The first-order valence-corrected chi connectivity index (χ1v) is 9.12. The van der Waals surface area contributed by atoms with Gasteiger partial charge in [-0.15, -0.1) is 0 Å². The summed E-state index contributed by atoms with van der Waals surface area (Å²) in [5.41, 5.74) is 1.48. The number of amides is 1. The number of hydrogen-bond acceptors (Lipinski definition) is 2. The highest BCUT2D eigenvalue weighted by Crippen LogP contribution is 2.43. The predicted molar refractivity (Wildman–Crippen MR) is 90.9 cm³/mol. The van der Waals surface area contributed by atoms with Gasteiger partial charge in [-0.3, -0.25) is 4.79 Å². The van der Waals surface area contributed by atoms with Gasteiger partial charge in [0.25, 0.3) is 0 Å². The lowest BCUT2D eigenvalue weighted by molar-refractivity contribution is -0.122. The van der Waals surface area contributed by atoms with Crippen LogP contribution in [0.4, 0.5) is 0 Å². The van der Waals surface area contributed by atoms with Crippen LogP contribution in [0.25, 0.3) is 0 Å². The number of carbonyl (C=O) groups is 1. The fourth-order valence-electron chi connectivity index (χ4n) is 3.51. The zero-order valence-electron chi connectivity index (χ0n) is 12.9. The second-order valence-electron chi connectivity index (χ2n) is 6.59. The Morgan fingerprint density at radius 3 is 2.86 bits per heavy atom. The molecule has 2 aliphatic rings. The average Bonchev–Trinajstić information content (AvgIpc) is 2.97. The van der Waals surface area contributed by atoms with E-state index >= 15 is 0 Å². The number of carbonyl (C=O) groups excluding carboxylic acids is 1. The molecule has 3 rings (SSSR count). The maximum absolute atomic E-state index is 12.1. The molecule has 4 heteroatoms. The topological polar surface area (TPSA) is 38.3 Å². The molecule has 0 bridgehead atoms. The molecule has 0 spiro atoms. The van der Waals surface area contributed by atoms with Gasteiger partial charge in [-0.25, -0.2) is 0 Å². The number of benzene rings is 1. The smallest absolute Gasteiger partial charge is 0.220 e. The summed E-state index contributed by atoms with van der Waals surface area (Å²) in [6, 6.07) is 8.51. The molecule has 1 heterocycles. The quantitative estimate of drug-likeness (QED) is 0.828. The van der Waals surface area contributed by atoms with E-state index in [2.05, 4.69) is 45.5 Å². The zero-order valence-corrected chi connectivity index (χ0v) is 14.5. The predicted octanol–water partition coefficient (Wildman–Crippen LogP) is 3.95. The molecule has 1 N–H and O–H groups in total. The van der Waals surface area contributed by atoms with Crippen molar-refractivity contribution in [1.82, 2.24) is 5.32 Å². The monoisotopic (exact) mass is 365 g/mol. The Hall–Kier alpha value is -0.870. The number of hydrogen-bond donors (Lipinski definition) is 1. The molecule has 0 radical (unpaired) electrons. The van der Waals surface area contributed by atoms with Crippen LogP contribution < -0.4 is 5.32 Å². The van der Waals surface area contributed by atoms with Gasteiger partial charge in [-0.05, 0) is 49.8 Å². The van der Waals surface area contributed by atoms with E-state index in [9.17, 15) is 4.79 Å². The molecule has 1 aromatic carbocycles. The van der Waals surface area contributed by atoms with Crippen LogP contribution in [-0.2, 0) is 14.9 Å². The number of nitrogens with one attached hydrogen (secondary N) is 1. The van der Waals surface area contributed by atoms with Crippen molar-refractivity contribution in [3.8, 4) is 0 Å². The Morgan fingerprint density at radius 1 is 1.36 bits per heavy atom. The molecular weight excluding hydrogens is 342 g/mol. The number of ether oxygens (including phenoxy) is 1. The molecule has 1 aliphatic carbocycles. The summed E-state index contributed by atoms with van der Waals surface area (Å²) in [5, 5.41) is 3.16. The fraction of sp³-hybridized carbons (Fsp3) is 0.611. The minimum Gasteiger partial charge on any atom is -0.378 e. The lowest BCUT2D eigenvalue weighted by Crippen LogP contribution is -2.45. The van der Waals surface area contributed by atoms with Crippen molar-refractivity contribution in [2.75, 3.05) is 13.2 Å². The van der Waals surface area contributed by atoms with Gasteiger partial charge in [0, 0.05) is 29.5 Å². The lowest BCUT2D eigenvalue weighted by atomic mass is 9.64. The van der Waals surface area contributed by atoms with E-state index in [0.717, 1.165) is 49.7 Å². The fourth-order valence-corrected chi connectivity index (χ4v) is 3.91. The van der Waals surface area contributed by atoms with Crippen molar-refractivity contribution in [3.05, 3.63) is 34.3 Å². The Balaban J connectivity index is 1.51. The van der Waals surface area contributed by atoms with Gasteiger partial charge < -0.3 is 10.1 Å². The van der Waals surface area contributed by atoms with Gasteiger partial charge in [-0.1, -0.05) is 34.5 Å². The molecule has 1 saturated carbocycles. The van der Waals surface area contributed by atoms with Crippen molar-refractivity contribution >= 4 is 21.8 Å². The van der Waals surface area contributed by atoms with E-state index in [-0.39, 0.29) is 11.3 Å². The van der Waals surface area contributed by atoms with E-state index < -0.39 is 0 Å². The van der Waals surface area contributed by atoms with E-state index in [1.807, 2.05) is 0 Å². The minimum atomic E-state index is 0.142. The molecule has 120 valence electrons. The molecule has 1 amide bonds. The normalized spacial score (nSPS) is 23.0. The Kier molecular flexibility index (Phi) is 5.19. The van der Waals surface area contributed by atoms with Gasteiger partial charge in [0.2, 0.25) is 5.91 Å². The molecule has 1 aliphatic heterocycles. The van der Waals surface area contributed by atoms with Crippen LogP contribution >= 0.6 is 15.9 Å². The Bertz CT molecular complexity index is 522. The summed E-state index contributed by atoms with van der Waals surface area (Å²) >= 11 is 3.55. The Morgan fingerprint density at radius 2 is 2.23 bits per heavy atom. The highest BCUT2D eigenvalue weighted by molar-refractivity contribution is 9.10. The molecular formula is C18H24BrNO2. The molecule has 3 nitrogen and oxygen atoms in total. The van der Waals surface area contributed by atoms with E-state index in [1.54, 1.807) is 0 Å². The second kappa shape index (κ2) is 7.14. The lowest BCUT2D eigenvalue weighted by Gasteiger charge is -2.42. The van der Waals surface area contributed by atoms with Crippen molar-refractivity contribution in [3.63, 3.8) is 0 Å². The summed E-state index contributed by atoms with van der Waals surface area (Å²) in [6.07, 6.45) is 7.56. The van der Waals surface area contributed by atoms with Gasteiger partial charge in [0.1, 0.15) is 0 Å². The SMILES string of the molecule is O=C(CCC1CCCO1)NCC1(c2cccc(Br)c2)CCC1. The average molecular weight is 366 g/mol. The molecule has 1 atom stereocenters. The van der Waals surface area contributed by atoms with Crippen molar-refractivity contribution in [2.24, 2.45) is 0 Å².